The van der Waals surface area contributed by atoms with Crippen LogP contribution in [0.15, 0.2) is 39.6 Å². The Hall–Kier alpha value is -2.18. The second-order valence-electron chi connectivity index (χ2n) is 6.85. The first-order chi connectivity index (χ1) is 12.9. The molecule has 136 valence electrons. The van der Waals surface area contributed by atoms with Crippen LogP contribution in [0.25, 0.3) is 22.3 Å². The number of halogens is 2. The van der Waals surface area contributed by atoms with E-state index in [1.165, 1.54) is 0 Å². The van der Waals surface area contributed by atoms with Gasteiger partial charge in [0.25, 0.3) is 5.56 Å². The average Bonchev–Trinajstić information content (AvgIpc) is 3.02. The van der Waals surface area contributed by atoms with Crippen LogP contribution in [0.3, 0.4) is 0 Å². The molecule has 4 heterocycles. The number of nitrogens with zero attached hydrogens (tertiary/aromatic N) is 2. The lowest BCUT2D eigenvalue weighted by Crippen LogP contribution is -2.40. The third-order valence-electron chi connectivity index (χ3n) is 5.44. The molecule has 0 unspecified atom stereocenters. The van der Waals surface area contributed by atoms with E-state index in [1.54, 1.807) is 4.57 Å². The molecule has 3 aromatic rings. The molecule has 0 saturated heterocycles. The third kappa shape index (κ3) is 2.20. The Morgan fingerprint density at radius 1 is 1.33 bits per heavy atom. The molecule has 0 bridgehead atoms. The number of carbonyl (C=O) groups is 1. The Morgan fingerprint density at radius 3 is 2.93 bits per heavy atom. The molecule has 0 fully saturated rings. The maximum absolute atomic E-state index is 13.1. The molecule has 5 nitrogen and oxygen atoms in total. The summed E-state index contributed by atoms with van der Waals surface area (Å²) in [7, 11) is 0. The van der Waals surface area contributed by atoms with Crippen LogP contribution in [-0.4, -0.2) is 15.5 Å². The zero-order valence-corrected chi connectivity index (χ0v) is 16.7. The van der Waals surface area contributed by atoms with Crippen molar-refractivity contribution in [3.63, 3.8) is 0 Å². The number of cyclic esters (lactones) is 1. The van der Waals surface area contributed by atoms with Crippen LogP contribution in [0.2, 0.25) is 0 Å². The Balaban J connectivity index is 1.81. The maximum atomic E-state index is 13.1. The van der Waals surface area contributed by atoms with Gasteiger partial charge in [-0.2, -0.15) is 0 Å². The van der Waals surface area contributed by atoms with Gasteiger partial charge in [-0.3, -0.25) is 4.79 Å². The molecule has 2 aromatic heterocycles. The van der Waals surface area contributed by atoms with Crippen molar-refractivity contribution < 1.29 is 9.53 Å². The van der Waals surface area contributed by atoms with Crippen molar-refractivity contribution in [2.24, 2.45) is 0 Å². The zero-order valence-electron chi connectivity index (χ0n) is 14.4. The van der Waals surface area contributed by atoms with Gasteiger partial charge in [0.15, 0.2) is 4.87 Å². The number of hydrogen-bond donors (Lipinski definition) is 0. The highest BCUT2D eigenvalue weighted by Crippen LogP contribution is 2.42. The van der Waals surface area contributed by atoms with Gasteiger partial charge in [-0.25, -0.2) is 9.78 Å². The van der Waals surface area contributed by atoms with E-state index < -0.39 is 10.8 Å². The number of ether oxygens (including phenoxy) is 1. The van der Waals surface area contributed by atoms with Crippen LogP contribution >= 0.6 is 27.5 Å². The van der Waals surface area contributed by atoms with E-state index in [0.717, 1.165) is 26.6 Å². The predicted molar refractivity (Wildman–Crippen MR) is 106 cm³/mol. The number of hydrogen-bond acceptors (Lipinski definition) is 4. The quantitative estimate of drug-likeness (QED) is 0.327. The lowest BCUT2D eigenvalue weighted by molar-refractivity contribution is -0.150. The molecule has 0 N–H and O–H groups in total. The van der Waals surface area contributed by atoms with Crippen LogP contribution < -0.4 is 5.56 Å². The van der Waals surface area contributed by atoms with E-state index in [1.807, 2.05) is 31.2 Å². The molecule has 2 aliphatic heterocycles. The molecule has 27 heavy (non-hydrogen) atoms. The van der Waals surface area contributed by atoms with Crippen molar-refractivity contribution in [2.75, 3.05) is 0 Å². The number of rotatable bonds is 1. The molecule has 1 aromatic carbocycles. The number of aromatic nitrogens is 2. The Kier molecular flexibility index (Phi) is 3.55. The minimum atomic E-state index is -1.33. The van der Waals surface area contributed by atoms with Crippen molar-refractivity contribution in [1.82, 2.24) is 9.55 Å². The first kappa shape index (κ1) is 17.0. The lowest BCUT2D eigenvalue weighted by Gasteiger charge is -2.31. The highest BCUT2D eigenvalue weighted by Gasteiger charge is 2.45. The van der Waals surface area contributed by atoms with Gasteiger partial charge in [0.1, 0.15) is 6.61 Å². The number of alkyl halides is 1. The SMILES string of the molecule is CC[C@@]1(Cl)C(=O)OCc2c1cc1n(c2=O)Cc2cc3c(Br)cccc3nc2-1. The molecule has 0 saturated carbocycles. The van der Waals surface area contributed by atoms with Crippen molar-refractivity contribution in [1.29, 1.82) is 0 Å². The van der Waals surface area contributed by atoms with Gasteiger partial charge in [0.2, 0.25) is 0 Å². The highest BCUT2D eigenvalue weighted by molar-refractivity contribution is 9.10. The zero-order chi connectivity index (χ0) is 18.9. The molecule has 0 spiro atoms. The fraction of sp³-hybridized carbons (Fsp3) is 0.250. The van der Waals surface area contributed by atoms with E-state index in [0.29, 0.717) is 29.8 Å². The first-order valence-electron chi connectivity index (χ1n) is 8.66. The Labute approximate surface area is 168 Å². The van der Waals surface area contributed by atoms with Crippen LogP contribution in [0.4, 0.5) is 0 Å². The van der Waals surface area contributed by atoms with Crippen molar-refractivity contribution in [3.05, 3.63) is 61.8 Å². The summed E-state index contributed by atoms with van der Waals surface area (Å²) in [5, 5.41) is 1.00. The van der Waals surface area contributed by atoms with Crippen LogP contribution in [0.5, 0.6) is 0 Å². The largest absolute Gasteiger partial charge is 0.459 e. The number of fused-ring (bicyclic) bond motifs is 5. The molecule has 0 amide bonds. The normalized spacial score (nSPS) is 20.2. The molecular weight excluding hydrogens is 432 g/mol. The summed E-state index contributed by atoms with van der Waals surface area (Å²) in [6, 6.07) is 9.74. The number of benzene rings is 1. The van der Waals surface area contributed by atoms with Crippen molar-refractivity contribution in [2.45, 2.75) is 31.4 Å². The number of esters is 1. The minimum absolute atomic E-state index is 0.0426. The number of carbonyl (C=O) groups excluding carboxylic acids is 1. The third-order valence-corrected chi connectivity index (χ3v) is 6.76. The standard InChI is InChI=1S/C20H14BrClN2O3/c1-2-20(22)13-7-16-17-10(6-11-14(21)4-3-5-15(11)23-17)8-24(16)18(25)12(13)9-27-19(20)26/h3-7H,2,8-9H2,1H3/t20-/m0/s1. The second kappa shape index (κ2) is 5.66. The summed E-state index contributed by atoms with van der Waals surface area (Å²) >= 11 is 10.2. The number of pyridine rings is 2. The fourth-order valence-electron chi connectivity index (χ4n) is 3.95. The summed E-state index contributed by atoms with van der Waals surface area (Å²) in [5.41, 5.74) is 4.09. The van der Waals surface area contributed by atoms with Gasteiger partial charge in [-0.1, -0.05) is 28.9 Å². The molecule has 0 radical (unpaired) electrons. The van der Waals surface area contributed by atoms with E-state index in [-0.39, 0.29) is 12.2 Å². The topological polar surface area (TPSA) is 61.2 Å². The maximum Gasteiger partial charge on any atom is 0.332 e. The fourth-order valence-corrected chi connectivity index (χ4v) is 4.64. The van der Waals surface area contributed by atoms with E-state index in [9.17, 15) is 9.59 Å². The average molecular weight is 446 g/mol. The second-order valence-corrected chi connectivity index (χ2v) is 8.35. The van der Waals surface area contributed by atoms with E-state index >= 15 is 0 Å². The van der Waals surface area contributed by atoms with Crippen molar-refractivity contribution >= 4 is 44.4 Å². The lowest BCUT2D eigenvalue weighted by atomic mass is 9.89. The van der Waals surface area contributed by atoms with Gasteiger partial charge < -0.3 is 9.30 Å². The monoisotopic (exact) mass is 444 g/mol. The van der Waals surface area contributed by atoms with Gasteiger partial charge in [0, 0.05) is 15.4 Å². The van der Waals surface area contributed by atoms with E-state index in [2.05, 4.69) is 22.0 Å². The van der Waals surface area contributed by atoms with Gasteiger partial charge >= 0.3 is 5.97 Å². The van der Waals surface area contributed by atoms with Crippen LogP contribution in [0, 0.1) is 0 Å². The van der Waals surface area contributed by atoms with Crippen LogP contribution in [-0.2, 0) is 27.6 Å². The minimum Gasteiger partial charge on any atom is -0.459 e. The molecule has 2 aliphatic rings. The Morgan fingerprint density at radius 2 is 2.15 bits per heavy atom. The summed E-state index contributed by atoms with van der Waals surface area (Å²) in [6.07, 6.45) is 0.342. The summed E-state index contributed by atoms with van der Waals surface area (Å²) < 4.78 is 7.85. The van der Waals surface area contributed by atoms with Gasteiger partial charge in [-0.05, 0) is 36.2 Å². The van der Waals surface area contributed by atoms with Crippen LogP contribution in [0.1, 0.15) is 30.0 Å². The molecule has 7 heteroatoms. The summed E-state index contributed by atoms with van der Waals surface area (Å²) in [6.45, 7) is 2.21. The summed E-state index contributed by atoms with van der Waals surface area (Å²) in [5.74, 6) is -0.503. The van der Waals surface area contributed by atoms with Crippen molar-refractivity contribution in [3.8, 4) is 11.4 Å². The molecule has 5 rings (SSSR count). The molecule has 1 atom stereocenters. The van der Waals surface area contributed by atoms with Gasteiger partial charge in [-0.15, -0.1) is 11.6 Å². The summed E-state index contributed by atoms with van der Waals surface area (Å²) in [4.78, 5) is 28.9. The highest BCUT2D eigenvalue weighted by atomic mass is 79.9. The Bertz CT molecular complexity index is 1220. The smallest absolute Gasteiger partial charge is 0.332 e. The molecule has 0 aliphatic carbocycles. The predicted octanol–water partition coefficient (Wildman–Crippen LogP) is 4.09. The molecular formula is C20H14BrClN2O3. The first-order valence-corrected chi connectivity index (χ1v) is 9.83. The van der Waals surface area contributed by atoms with Gasteiger partial charge in [0.05, 0.1) is 29.0 Å². The van der Waals surface area contributed by atoms with E-state index in [4.69, 9.17) is 21.3 Å².